The highest BCUT2D eigenvalue weighted by molar-refractivity contribution is 7.99. The fourth-order valence-electron chi connectivity index (χ4n) is 2.68. The number of methoxy groups -OCH3 is 1. The van der Waals surface area contributed by atoms with Crippen LogP contribution >= 0.6 is 11.8 Å². The molecule has 8 nitrogen and oxygen atoms in total. The van der Waals surface area contributed by atoms with Gasteiger partial charge in [0.15, 0.2) is 5.16 Å². The van der Waals surface area contributed by atoms with Gasteiger partial charge in [0.05, 0.1) is 19.3 Å². The summed E-state index contributed by atoms with van der Waals surface area (Å²) in [5.74, 6) is 1.09. The molecule has 2 amide bonds. The Bertz CT molecular complexity index is 1030. The van der Waals surface area contributed by atoms with Gasteiger partial charge in [-0.2, -0.15) is 0 Å². The first kappa shape index (κ1) is 21.4. The quantitative estimate of drug-likeness (QED) is 0.539. The Morgan fingerprint density at radius 1 is 1.03 bits per heavy atom. The maximum atomic E-state index is 12.3. The number of rotatable bonds is 8. The minimum Gasteiger partial charge on any atom is -0.497 e. The Morgan fingerprint density at radius 2 is 1.77 bits per heavy atom. The van der Waals surface area contributed by atoms with E-state index < -0.39 is 0 Å². The first-order chi connectivity index (χ1) is 14.5. The number of nitrogens with one attached hydrogen (secondary N) is 2. The molecule has 1 heterocycles. The number of amides is 2. The maximum absolute atomic E-state index is 12.3. The summed E-state index contributed by atoms with van der Waals surface area (Å²) >= 11 is 1.27. The molecule has 0 unspecified atom stereocenters. The number of nitrogens with zero attached hydrogens (tertiary/aromatic N) is 3. The van der Waals surface area contributed by atoms with Gasteiger partial charge in [0, 0.05) is 18.4 Å². The second kappa shape index (κ2) is 9.93. The monoisotopic (exact) mass is 425 g/mol. The van der Waals surface area contributed by atoms with E-state index in [1.165, 1.54) is 11.8 Å². The van der Waals surface area contributed by atoms with Gasteiger partial charge in [-0.3, -0.25) is 9.59 Å². The number of hydrogen-bond donors (Lipinski definition) is 2. The third kappa shape index (κ3) is 5.60. The highest BCUT2D eigenvalue weighted by Crippen LogP contribution is 2.19. The molecular weight excluding hydrogens is 402 g/mol. The summed E-state index contributed by atoms with van der Waals surface area (Å²) in [6.45, 7) is 1.94. The first-order valence-corrected chi connectivity index (χ1v) is 10.3. The van der Waals surface area contributed by atoms with E-state index in [4.69, 9.17) is 4.74 Å². The van der Waals surface area contributed by atoms with Crippen LogP contribution in [0, 0.1) is 6.92 Å². The van der Waals surface area contributed by atoms with Gasteiger partial charge in [-0.25, -0.2) is 0 Å². The summed E-state index contributed by atoms with van der Waals surface area (Å²) in [7, 11) is 3.36. The molecule has 9 heteroatoms. The summed E-state index contributed by atoms with van der Waals surface area (Å²) in [5.41, 5.74) is 2.46. The zero-order valence-electron chi connectivity index (χ0n) is 17.0. The van der Waals surface area contributed by atoms with Gasteiger partial charge >= 0.3 is 0 Å². The lowest BCUT2D eigenvalue weighted by Gasteiger charge is -2.08. The lowest BCUT2D eigenvalue weighted by molar-refractivity contribution is -0.116. The fourth-order valence-corrected chi connectivity index (χ4v) is 3.41. The molecule has 0 radical (unpaired) electrons. The van der Waals surface area contributed by atoms with Gasteiger partial charge in [0.1, 0.15) is 11.6 Å². The van der Waals surface area contributed by atoms with E-state index in [0.717, 1.165) is 17.0 Å². The Balaban J connectivity index is 1.52. The number of carbonyl (C=O) groups is 2. The van der Waals surface area contributed by atoms with Crippen molar-refractivity contribution in [3.63, 3.8) is 0 Å². The number of hydrogen-bond acceptors (Lipinski definition) is 6. The average Bonchev–Trinajstić information content (AvgIpc) is 3.08. The van der Waals surface area contributed by atoms with Crippen molar-refractivity contribution in [3.05, 3.63) is 59.9 Å². The van der Waals surface area contributed by atoms with Crippen molar-refractivity contribution >= 4 is 35.0 Å². The molecule has 0 aliphatic carbocycles. The van der Waals surface area contributed by atoms with Crippen LogP contribution < -0.4 is 15.4 Å². The summed E-state index contributed by atoms with van der Waals surface area (Å²) < 4.78 is 6.82. The number of thioether (sulfide) groups is 1. The number of anilines is 2. The van der Waals surface area contributed by atoms with E-state index in [1.54, 1.807) is 43.0 Å². The van der Waals surface area contributed by atoms with E-state index in [9.17, 15) is 9.59 Å². The topological polar surface area (TPSA) is 98.1 Å². The third-order valence-corrected chi connectivity index (χ3v) is 5.39. The average molecular weight is 426 g/mol. The van der Waals surface area contributed by atoms with Crippen molar-refractivity contribution in [1.82, 2.24) is 14.8 Å². The van der Waals surface area contributed by atoms with Crippen LogP contribution in [0.15, 0.2) is 53.7 Å². The molecule has 3 aromatic rings. The van der Waals surface area contributed by atoms with Crippen LogP contribution in [0.4, 0.5) is 11.4 Å². The molecule has 0 fully saturated rings. The molecule has 2 N–H and O–H groups in total. The predicted octanol–water partition coefficient (Wildman–Crippen LogP) is 3.04. The Hall–Kier alpha value is -3.33. The summed E-state index contributed by atoms with van der Waals surface area (Å²) in [4.78, 5) is 24.5. The molecule has 0 atom stereocenters. The third-order valence-electron chi connectivity index (χ3n) is 4.37. The van der Waals surface area contributed by atoms with E-state index in [1.807, 2.05) is 31.2 Å². The standard InChI is InChI=1S/C21H23N5O3S/c1-14-6-4-5-7-17(14)23-20(28)13-30-21-25-24-18(26(21)2)12-19(27)22-15-8-10-16(29-3)11-9-15/h4-11H,12-13H2,1-3H3,(H,22,27)(H,23,28). The highest BCUT2D eigenvalue weighted by atomic mass is 32.2. The van der Waals surface area contributed by atoms with Crippen LogP contribution in [0.1, 0.15) is 11.4 Å². The van der Waals surface area contributed by atoms with Crippen LogP contribution in [-0.2, 0) is 23.1 Å². The van der Waals surface area contributed by atoms with Crippen LogP contribution in [0.2, 0.25) is 0 Å². The van der Waals surface area contributed by atoms with Crippen molar-refractivity contribution in [1.29, 1.82) is 0 Å². The molecule has 156 valence electrons. The molecule has 3 rings (SSSR count). The molecule has 0 spiro atoms. The smallest absolute Gasteiger partial charge is 0.234 e. The van der Waals surface area contributed by atoms with Gasteiger partial charge in [0.2, 0.25) is 11.8 Å². The summed E-state index contributed by atoms with van der Waals surface area (Å²) in [5, 5.41) is 14.4. The highest BCUT2D eigenvalue weighted by Gasteiger charge is 2.15. The largest absolute Gasteiger partial charge is 0.497 e. The number of aryl methyl sites for hydroxylation is 1. The zero-order chi connectivity index (χ0) is 21.5. The lowest BCUT2D eigenvalue weighted by Crippen LogP contribution is -2.17. The van der Waals surface area contributed by atoms with Crippen LogP contribution in [0.25, 0.3) is 0 Å². The molecule has 0 saturated carbocycles. The fraction of sp³-hybridized carbons (Fsp3) is 0.238. The van der Waals surface area contributed by atoms with Crippen molar-refractivity contribution in [2.45, 2.75) is 18.5 Å². The van der Waals surface area contributed by atoms with Crippen LogP contribution in [0.3, 0.4) is 0 Å². The van der Waals surface area contributed by atoms with Crippen LogP contribution in [-0.4, -0.2) is 39.4 Å². The van der Waals surface area contributed by atoms with Crippen molar-refractivity contribution in [2.24, 2.45) is 7.05 Å². The summed E-state index contributed by atoms with van der Waals surface area (Å²) in [6, 6.07) is 14.7. The number of para-hydroxylation sites is 1. The normalized spacial score (nSPS) is 10.5. The van der Waals surface area contributed by atoms with Crippen LogP contribution in [0.5, 0.6) is 5.75 Å². The van der Waals surface area contributed by atoms with Gasteiger partial charge in [-0.1, -0.05) is 30.0 Å². The van der Waals surface area contributed by atoms with Crippen molar-refractivity contribution in [2.75, 3.05) is 23.5 Å². The SMILES string of the molecule is COc1ccc(NC(=O)Cc2nnc(SCC(=O)Nc3ccccc3C)n2C)cc1. The van der Waals surface area contributed by atoms with Gasteiger partial charge in [-0.05, 0) is 42.8 Å². The van der Waals surface area contributed by atoms with Crippen molar-refractivity contribution in [3.8, 4) is 5.75 Å². The molecule has 30 heavy (non-hydrogen) atoms. The minimum absolute atomic E-state index is 0.0749. The van der Waals surface area contributed by atoms with Gasteiger partial charge in [0.25, 0.3) is 0 Å². The molecule has 0 aliphatic rings. The van der Waals surface area contributed by atoms with E-state index >= 15 is 0 Å². The number of ether oxygens (including phenoxy) is 1. The van der Waals surface area contributed by atoms with E-state index in [0.29, 0.717) is 16.7 Å². The number of carbonyl (C=O) groups excluding carboxylic acids is 2. The first-order valence-electron chi connectivity index (χ1n) is 9.26. The zero-order valence-corrected chi connectivity index (χ0v) is 17.8. The van der Waals surface area contributed by atoms with Gasteiger partial charge in [-0.15, -0.1) is 10.2 Å². The molecular formula is C21H23N5O3S. The molecule has 0 bridgehead atoms. The number of benzene rings is 2. The molecule has 2 aromatic carbocycles. The maximum Gasteiger partial charge on any atom is 0.234 e. The van der Waals surface area contributed by atoms with Gasteiger partial charge < -0.3 is 19.9 Å². The Morgan fingerprint density at radius 3 is 2.47 bits per heavy atom. The predicted molar refractivity (Wildman–Crippen MR) is 117 cm³/mol. The molecule has 0 aliphatic heterocycles. The summed E-state index contributed by atoms with van der Waals surface area (Å²) in [6.07, 6.45) is 0.0749. The second-order valence-corrected chi connectivity index (χ2v) is 7.51. The molecule has 0 saturated heterocycles. The second-order valence-electron chi connectivity index (χ2n) is 6.56. The lowest BCUT2D eigenvalue weighted by atomic mass is 10.2. The molecule has 1 aromatic heterocycles. The van der Waals surface area contributed by atoms with Crippen molar-refractivity contribution < 1.29 is 14.3 Å². The Kier molecular flexibility index (Phi) is 7.08. The van der Waals surface area contributed by atoms with E-state index in [2.05, 4.69) is 20.8 Å². The van der Waals surface area contributed by atoms with E-state index in [-0.39, 0.29) is 24.0 Å². The minimum atomic E-state index is -0.204. The number of aromatic nitrogens is 3. The Labute approximate surface area is 179 Å².